The highest BCUT2D eigenvalue weighted by Crippen LogP contribution is 2.39. The van der Waals surface area contributed by atoms with Crippen molar-refractivity contribution in [3.8, 4) is 11.4 Å². The molecular weight excluding hydrogens is 372 g/mol. The van der Waals surface area contributed by atoms with E-state index < -0.39 is 0 Å². The van der Waals surface area contributed by atoms with Crippen molar-refractivity contribution in [1.29, 1.82) is 0 Å². The van der Waals surface area contributed by atoms with E-state index in [2.05, 4.69) is 14.9 Å². The van der Waals surface area contributed by atoms with E-state index in [-0.39, 0.29) is 18.4 Å². The lowest BCUT2D eigenvalue weighted by atomic mass is 9.92. The van der Waals surface area contributed by atoms with Crippen molar-refractivity contribution in [3.63, 3.8) is 0 Å². The van der Waals surface area contributed by atoms with Gasteiger partial charge >= 0.3 is 5.97 Å². The van der Waals surface area contributed by atoms with Crippen molar-refractivity contribution in [2.24, 2.45) is 0 Å². The van der Waals surface area contributed by atoms with Crippen LogP contribution < -0.4 is 5.32 Å². The predicted molar refractivity (Wildman–Crippen MR) is 104 cm³/mol. The van der Waals surface area contributed by atoms with Gasteiger partial charge in [0.2, 0.25) is 0 Å². The molecule has 4 rings (SSSR count). The van der Waals surface area contributed by atoms with E-state index in [9.17, 15) is 4.79 Å². The number of halogens is 1. The van der Waals surface area contributed by atoms with Crippen molar-refractivity contribution >= 4 is 30.1 Å². The number of hydrogen-bond donors (Lipinski definition) is 1. The third-order valence-electron chi connectivity index (χ3n) is 5.14. The molecule has 0 aromatic carbocycles. The summed E-state index contributed by atoms with van der Waals surface area (Å²) in [7, 11) is 1.45. The van der Waals surface area contributed by atoms with E-state index in [0.717, 1.165) is 66.4 Å². The zero-order valence-corrected chi connectivity index (χ0v) is 16.6. The molecule has 1 aliphatic heterocycles. The minimum atomic E-state index is -0.258. The van der Waals surface area contributed by atoms with Crippen molar-refractivity contribution in [2.75, 3.05) is 26.5 Å². The van der Waals surface area contributed by atoms with Gasteiger partial charge in [-0.2, -0.15) is 0 Å². The molecule has 0 saturated carbocycles. The number of hydrogen-bond acceptors (Lipinski definition) is 6. The predicted octanol–water partition coefficient (Wildman–Crippen LogP) is 2.90. The highest BCUT2D eigenvalue weighted by molar-refractivity contribution is 7.98. The summed E-state index contributed by atoms with van der Waals surface area (Å²) in [6.07, 6.45) is 9.70. The van der Waals surface area contributed by atoms with Crippen LogP contribution in [0.1, 0.15) is 40.4 Å². The van der Waals surface area contributed by atoms with Gasteiger partial charge in [-0.15, -0.1) is 12.4 Å². The first-order chi connectivity index (χ1) is 12.2. The molecular formula is C18H23ClN4O2S. The molecule has 140 valence electrons. The quantitative estimate of drug-likeness (QED) is 0.490. The molecule has 2 aromatic heterocycles. The Hall–Kier alpha value is -1.57. The van der Waals surface area contributed by atoms with Crippen LogP contribution >= 0.6 is 24.2 Å². The van der Waals surface area contributed by atoms with Crippen LogP contribution in [0.3, 0.4) is 0 Å². The van der Waals surface area contributed by atoms with E-state index in [4.69, 9.17) is 9.72 Å². The number of fused-ring (bicyclic) bond motifs is 3. The molecule has 0 atom stereocenters. The van der Waals surface area contributed by atoms with Crippen LogP contribution in [0.2, 0.25) is 0 Å². The van der Waals surface area contributed by atoms with Crippen LogP contribution in [0.25, 0.3) is 11.4 Å². The number of carbonyl (C=O) groups is 1. The van der Waals surface area contributed by atoms with Gasteiger partial charge in [0.25, 0.3) is 0 Å². The first-order valence-electron chi connectivity index (χ1n) is 8.66. The second kappa shape index (κ2) is 7.98. The minimum Gasteiger partial charge on any atom is -0.465 e. The molecule has 8 heteroatoms. The van der Waals surface area contributed by atoms with Crippen LogP contribution in [0.15, 0.2) is 17.6 Å². The summed E-state index contributed by atoms with van der Waals surface area (Å²) >= 11 is 1.54. The number of ether oxygens (including phenoxy) is 1. The summed E-state index contributed by atoms with van der Waals surface area (Å²) in [5.41, 5.74) is 4.99. The number of thioether (sulfide) groups is 1. The molecule has 0 spiro atoms. The summed E-state index contributed by atoms with van der Waals surface area (Å²) in [5.74, 6) is -0.258. The van der Waals surface area contributed by atoms with Crippen molar-refractivity contribution in [2.45, 2.75) is 36.9 Å². The lowest BCUT2D eigenvalue weighted by Crippen LogP contribution is -2.29. The summed E-state index contributed by atoms with van der Waals surface area (Å²) in [6.45, 7) is 2.00. The molecule has 0 unspecified atom stereocenters. The van der Waals surface area contributed by atoms with Gasteiger partial charge in [-0.05, 0) is 56.2 Å². The van der Waals surface area contributed by atoms with E-state index in [1.165, 1.54) is 7.11 Å². The van der Waals surface area contributed by atoms with Crippen LogP contribution in [0.4, 0.5) is 0 Å². The largest absolute Gasteiger partial charge is 0.465 e. The number of aryl methyl sites for hydroxylation is 1. The summed E-state index contributed by atoms with van der Waals surface area (Å²) in [5, 5.41) is 4.18. The first kappa shape index (κ1) is 19.2. The van der Waals surface area contributed by atoms with Crippen LogP contribution in [0.5, 0.6) is 0 Å². The fourth-order valence-electron chi connectivity index (χ4n) is 3.88. The van der Waals surface area contributed by atoms with Crippen molar-refractivity contribution in [3.05, 3.63) is 29.1 Å². The zero-order chi connectivity index (χ0) is 17.4. The van der Waals surface area contributed by atoms with Crippen LogP contribution in [0, 0.1) is 0 Å². The van der Waals surface area contributed by atoms with Crippen molar-refractivity contribution < 1.29 is 9.53 Å². The third-order valence-corrected chi connectivity index (χ3v) is 5.70. The second-order valence-electron chi connectivity index (χ2n) is 6.48. The smallest absolute Gasteiger partial charge is 0.339 e. The van der Waals surface area contributed by atoms with Gasteiger partial charge in [-0.3, -0.25) is 0 Å². The SMILES string of the molecule is COC(=O)c1cn(C2CCNCC2)c2c1CCc1cnc(SC)nc1-2.Cl. The molecule has 2 aromatic rings. The van der Waals surface area contributed by atoms with Crippen LogP contribution in [-0.4, -0.2) is 47.0 Å². The Bertz CT molecular complexity index is 818. The average molecular weight is 395 g/mol. The molecule has 1 N–H and O–H groups in total. The molecule has 1 aliphatic carbocycles. The molecule has 6 nitrogen and oxygen atoms in total. The summed E-state index contributed by atoms with van der Waals surface area (Å²) in [6, 6.07) is 0.382. The van der Waals surface area contributed by atoms with Gasteiger partial charge < -0.3 is 14.6 Å². The highest BCUT2D eigenvalue weighted by atomic mass is 35.5. The van der Waals surface area contributed by atoms with E-state index in [1.807, 2.05) is 18.6 Å². The molecule has 0 bridgehead atoms. The molecule has 2 aliphatic rings. The van der Waals surface area contributed by atoms with Gasteiger partial charge in [0.15, 0.2) is 5.16 Å². The van der Waals surface area contributed by atoms with E-state index >= 15 is 0 Å². The zero-order valence-electron chi connectivity index (χ0n) is 14.9. The minimum absolute atomic E-state index is 0. The topological polar surface area (TPSA) is 69.0 Å². The maximum atomic E-state index is 12.3. The molecule has 1 fully saturated rings. The number of rotatable bonds is 3. The molecule has 1 saturated heterocycles. The lowest BCUT2D eigenvalue weighted by molar-refractivity contribution is 0.0599. The van der Waals surface area contributed by atoms with E-state index in [1.54, 1.807) is 11.8 Å². The van der Waals surface area contributed by atoms with Gasteiger partial charge in [-0.25, -0.2) is 14.8 Å². The lowest BCUT2D eigenvalue weighted by Gasteiger charge is -2.28. The van der Waals surface area contributed by atoms with Crippen molar-refractivity contribution in [1.82, 2.24) is 19.9 Å². The number of methoxy groups -OCH3 is 1. The Morgan fingerprint density at radius 2 is 2.12 bits per heavy atom. The van der Waals surface area contributed by atoms with Crippen LogP contribution in [-0.2, 0) is 17.6 Å². The Morgan fingerprint density at radius 1 is 1.35 bits per heavy atom. The number of nitrogens with zero attached hydrogens (tertiary/aromatic N) is 3. The van der Waals surface area contributed by atoms with Gasteiger partial charge in [0.1, 0.15) is 0 Å². The number of esters is 1. The molecule has 0 amide bonds. The Morgan fingerprint density at radius 3 is 2.81 bits per heavy atom. The van der Waals surface area contributed by atoms with Gasteiger partial charge in [0, 0.05) is 18.4 Å². The Kier molecular flexibility index (Phi) is 5.89. The third kappa shape index (κ3) is 3.23. The fraction of sp³-hybridized carbons (Fsp3) is 0.500. The second-order valence-corrected chi connectivity index (χ2v) is 7.25. The molecule has 0 radical (unpaired) electrons. The monoisotopic (exact) mass is 394 g/mol. The first-order valence-corrected chi connectivity index (χ1v) is 9.88. The molecule has 3 heterocycles. The summed E-state index contributed by atoms with van der Waals surface area (Å²) in [4.78, 5) is 21.5. The van der Waals surface area contributed by atoms with Gasteiger partial charge in [-0.1, -0.05) is 11.8 Å². The number of carbonyl (C=O) groups excluding carboxylic acids is 1. The maximum absolute atomic E-state index is 12.3. The standard InChI is InChI=1S/C18H22N4O2S.ClH/c1-24-17(23)14-10-22(12-5-7-19-8-6-12)16-13(14)4-3-11-9-20-18(25-2)21-15(11)16;/h9-10,12,19H,3-8H2,1-2H3;1H. The Labute approximate surface area is 163 Å². The number of nitrogens with one attached hydrogen (secondary N) is 1. The Balaban J connectivity index is 0.00000196. The van der Waals surface area contributed by atoms with Gasteiger partial charge in [0.05, 0.1) is 24.1 Å². The maximum Gasteiger partial charge on any atom is 0.339 e. The average Bonchev–Trinajstić information content (AvgIpc) is 3.07. The van der Waals surface area contributed by atoms with E-state index in [0.29, 0.717) is 11.6 Å². The highest BCUT2D eigenvalue weighted by Gasteiger charge is 2.31. The number of piperidine rings is 1. The fourth-order valence-corrected chi connectivity index (χ4v) is 4.22. The normalized spacial score (nSPS) is 16.4. The molecule has 26 heavy (non-hydrogen) atoms. The number of aromatic nitrogens is 3. The summed E-state index contributed by atoms with van der Waals surface area (Å²) < 4.78 is 7.31.